The Kier molecular flexibility index (Phi) is 4.98. The summed E-state index contributed by atoms with van der Waals surface area (Å²) >= 11 is 0. The van der Waals surface area contributed by atoms with Crippen LogP contribution in [0.1, 0.15) is 43.7 Å². The summed E-state index contributed by atoms with van der Waals surface area (Å²) < 4.78 is 0. The third-order valence-electron chi connectivity index (χ3n) is 5.08. The second-order valence-electron chi connectivity index (χ2n) is 6.82. The van der Waals surface area contributed by atoms with Crippen LogP contribution in [0.4, 0.5) is 4.79 Å². The first-order valence-corrected chi connectivity index (χ1v) is 8.67. The SMILES string of the molecule is C[NH+]1CCN(C(=O)NC2CCCCC2)[C@@H](c2ccccc2)C1. The Balaban J connectivity index is 1.70. The van der Waals surface area contributed by atoms with E-state index in [1.165, 1.54) is 29.7 Å². The predicted octanol–water partition coefficient (Wildman–Crippen LogP) is 1.60. The molecule has 1 saturated heterocycles. The number of benzene rings is 1. The summed E-state index contributed by atoms with van der Waals surface area (Å²) in [6, 6.07) is 11.2. The van der Waals surface area contributed by atoms with Gasteiger partial charge in [0.1, 0.15) is 12.6 Å². The smallest absolute Gasteiger partial charge is 0.318 e. The van der Waals surface area contributed by atoms with Crippen molar-refractivity contribution in [2.24, 2.45) is 0 Å². The Morgan fingerprint density at radius 1 is 1.18 bits per heavy atom. The standard InChI is InChI=1S/C18H27N3O/c1-20-12-13-21(17(14-20)15-8-4-2-5-9-15)18(22)19-16-10-6-3-7-11-16/h2,4-5,8-9,16-17H,3,6-7,10-14H2,1H3,(H,19,22)/p+1/t17-/m1/s1. The number of hydrogen-bond acceptors (Lipinski definition) is 1. The van der Waals surface area contributed by atoms with Crippen molar-refractivity contribution in [3.05, 3.63) is 35.9 Å². The average Bonchev–Trinajstić information content (AvgIpc) is 2.56. The third kappa shape index (κ3) is 3.61. The molecule has 1 aliphatic heterocycles. The number of urea groups is 1. The van der Waals surface area contributed by atoms with Crippen LogP contribution in [0.15, 0.2) is 30.3 Å². The van der Waals surface area contributed by atoms with Gasteiger partial charge in [-0.05, 0) is 18.4 Å². The van der Waals surface area contributed by atoms with E-state index in [1.54, 1.807) is 0 Å². The van der Waals surface area contributed by atoms with Crippen molar-refractivity contribution >= 4 is 6.03 Å². The Morgan fingerprint density at radius 2 is 1.91 bits per heavy atom. The zero-order chi connectivity index (χ0) is 15.4. The Hall–Kier alpha value is -1.55. The lowest BCUT2D eigenvalue weighted by Crippen LogP contribution is -3.12. The quantitative estimate of drug-likeness (QED) is 0.855. The number of piperazine rings is 1. The predicted molar refractivity (Wildman–Crippen MR) is 87.9 cm³/mol. The van der Waals surface area contributed by atoms with Crippen molar-refractivity contribution in [3.63, 3.8) is 0 Å². The molecule has 4 nitrogen and oxygen atoms in total. The van der Waals surface area contributed by atoms with E-state index in [4.69, 9.17) is 0 Å². The van der Waals surface area contributed by atoms with Crippen molar-refractivity contribution in [2.75, 3.05) is 26.7 Å². The van der Waals surface area contributed by atoms with E-state index in [1.807, 2.05) is 6.07 Å². The lowest BCUT2D eigenvalue weighted by Gasteiger charge is -2.39. The lowest BCUT2D eigenvalue weighted by molar-refractivity contribution is -0.887. The molecule has 4 heteroatoms. The summed E-state index contributed by atoms with van der Waals surface area (Å²) in [6.07, 6.45) is 6.10. The van der Waals surface area contributed by atoms with Gasteiger partial charge in [-0.15, -0.1) is 0 Å². The number of carbonyl (C=O) groups excluding carboxylic acids is 1. The van der Waals surface area contributed by atoms with Gasteiger partial charge >= 0.3 is 6.03 Å². The molecule has 3 rings (SSSR count). The van der Waals surface area contributed by atoms with Crippen LogP contribution in [0.3, 0.4) is 0 Å². The second kappa shape index (κ2) is 7.14. The minimum atomic E-state index is 0.133. The van der Waals surface area contributed by atoms with E-state index in [0.29, 0.717) is 6.04 Å². The first-order chi connectivity index (χ1) is 10.7. The molecule has 1 saturated carbocycles. The minimum absolute atomic E-state index is 0.133. The van der Waals surface area contributed by atoms with Gasteiger partial charge in [0, 0.05) is 6.04 Å². The molecule has 0 aromatic heterocycles. The van der Waals surface area contributed by atoms with Crippen LogP contribution in [0.5, 0.6) is 0 Å². The highest BCUT2D eigenvalue weighted by atomic mass is 16.2. The number of nitrogens with zero attached hydrogens (tertiary/aromatic N) is 1. The van der Waals surface area contributed by atoms with Crippen LogP contribution < -0.4 is 10.2 Å². The minimum Gasteiger partial charge on any atom is -0.335 e. The van der Waals surface area contributed by atoms with Crippen molar-refractivity contribution in [1.29, 1.82) is 0 Å². The van der Waals surface area contributed by atoms with Gasteiger partial charge in [-0.1, -0.05) is 49.6 Å². The molecule has 1 unspecified atom stereocenters. The van der Waals surface area contributed by atoms with Gasteiger partial charge in [-0.25, -0.2) is 4.79 Å². The zero-order valence-electron chi connectivity index (χ0n) is 13.6. The first kappa shape index (κ1) is 15.3. The van der Waals surface area contributed by atoms with E-state index in [2.05, 4.69) is 41.5 Å². The molecule has 2 amide bonds. The molecule has 2 fully saturated rings. The molecule has 22 heavy (non-hydrogen) atoms. The Bertz CT molecular complexity index is 484. The van der Waals surface area contributed by atoms with Crippen LogP contribution in [0, 0.1) is 0 Å². The van der Waals surface area contributed by atoms with Crippen LogP contribution in [0.2, 0.25) is 0 Å². The molecule has 0 bridgehead atoms. The number of hydrogen-bond donors (Lipinski definition) is 2. The van der Waals surface area contributed by atoms with Gasteiger partial charge in [-0.2, -0.15) is 0 Å². The summed E-state index contributed by atoms with van der Waals surface area (Å²) in [6.45, 7) is 2.85. The Labute approximate surface area is 133 Å². The topological polar surface area (TPSA) is 36.8 Å². The molecule has 0 radical (unpaired) electrons. The van der Waals surface area contributed by atoms with Crippen molar-refractivity contribution in [2.45, 2.75) is 44.2 Å². The van der Waals surface area contributed by atoms with Gasteiger partial charge in [0.25, 0.3) is 0 Å². The third-order valence-corrected chi connectivity index (χ3v) is 5.08. The molecule has 0 spiro atoms. The van der Waals surface area contributed by atoms with E-state index in [9.17, 15) is 4.79 Å². The number of likely N-dealkylation sites (N-methyl/N-ethyl adjacent to an activating group) is 1. The van der Waals surface area contributed by atoms with Crippen molar-refractivity contribution < 1.29 is 9.69 Å². The number of quaternary nitrogens is 1. The van der Waals surface area contributed by atoms with Crippen LogP contribution >= 0.6 is 0 Å². The van der Waals surface area contributed by atoms with Crippen molar-refractivity contribution in [1.82, 2.24) is 10.2 Å². The number of rotatable bonds is 2. The largest absolute Gasteiger partial charge is 0.335 e. The second-order valence-corrected chi connectivity index (χ2v) is 6.82. The van der Waals surface area contributed by atoms with Gasteiger partial charge in [0.15, 0.2) is 0 Å². The van der Waals surface area contributed by atoms with E-state index in [-0.39, 0.29) is 12.1 Å². The zero-order valence-corrected chi connectivity index (χ0v) is 13.6. The molecule has 2 N–H and O–H groups in total. The van der Waals surface area contributed by atoms with Gasteiger partial charge in [0.05, 0.1) is 20.1 Å². The molecule has 1 aliphatic carbocycles. The summed E-state index contributed by atoms with van der Waals surface area (Å²) in [7, 11) is 2.21. The van der Waals surface area contributed by atoms with Crippen LogP contribution in [0.25, 0.3) is 0 Å². The van der Waals surface area contributed by atoms with Gasteiger partial charge in [0.2, 0.25) is 0 Å². The molecule has 2 atom stereocenters. The molecule has 1 heterocycles. The van der Waals surface area contributed by atoms with E-state index < -0.39 is 0 Å². The molecule has 120 valence electrons. The van der Waals surface area contributed by atoms with Gasteiger partial charge in [-0.3, -0.25) is 0 Å². The number of amides is 2. The highest BCUT2D eigenvalue weighted by molar-refractivity contribution is 5.75. The van der Waals surface area contributed by atoms with E-state index in [0.717, 1.165) is 32.5 Å². The summed E-state index contributed by atoms with van der Waals surface area (Å²) in [5.41, 5.74) is 1.25. The summed E-state index contributed by atoms with van der Waals surface area (Å²) in [5, 5.41) is 3.28. The normalized spacial score (nSPS) is 26.7. The Morgan fingerprint density at radius 3 is 2.64 bits per heavy atom. The maximum atomic E-state index is 12.8. The summed E-state index contributed by atoms with van der Waals surface area (Å²) in [4.78, 5) is 16.3. The lowest BCUT2D eigenvalue weighted by atomic mass is 9.95. The average molecular weight is 302 g/mol. The fourth-order valence-electron chi connectivity index (χ4n) is 3.73. The summed E-state index contributed by atoms with van der Waals surface area (Å²) in [5.74, 6) is 0. The molecule has 1 aromatic rings. The fourth-order valence-corrected chi connectivity index (χ4v) is 3.73. The fraction of sp³-hybridized carbons (Fsp3) is 0.611. The number of nitrogens with one attached hydrogen (secondary N) is 2. The highest BCUT2D eigenvalue weighted by Gasteiger charge is 2.33. The molecule has 1 aromatic carbocycles. The van der Waals surface area contributed by atoms with Crippen molar-refractivity contribution in [3.8, 4) is 0 Å². The molecular weight excluding hydrogens is 274 g/mol. The van der Waals surface area contributed by atoms with Gasteiger partial charge < -0.3 is 15.1 Å². The van der Waals surface area contributed by atoms with Crippen LogP contribution in [-0.2, 0) is 0 Å². The maximum absolute atomic E-state index is 12.8. The number of carbonyl (C=O) groups is 1. The molecule has 2 aliphatic rings. The highest BCUT2D eigenvalue weighted by Crippen LogP contribution is 2.22. The van der Waals surface area contributed by atoms with Crippen LogP contribution in [-0.4, -0.2) is 43.7 Å². The maximum Gasteiger partial charge on any atom is 0.318 e. The molecular formula is C18H28N3O+. The monoisotopic (exact) mass is 302 g/mol. The first-order valence-electron chi connectivity index (χ1n) is 8.67. The van der Waals surface area contributed by atoms with E-state index >= 15 is 0 Å².